The van der Waals surface area contributed by atoms with Crippen LogP contribution in [0.15, 0.2) is 42.5 Å². The number of methoxy groups -OCH3 is 1. The van der Waals surface area contributed by atoms with Crippen LogP contribution >= 0.6 is 23.8 Å². The molecule has 2 rings (SSSR count). The van der Waals surface area contributed by atoms with Gasteiger partial charge >= 0.3 is 0 Å². The molecular weight excluding hydrogens is 366 g/mol. The van der Waals surface area contributed by atoms with Crippen molar-refractivity contribution >= 4 is 46.2 Å². The van der Waals surface area contributed by atoms with Gasteiger partial charge in [0.15, 0.2) is 5.11 Å². The van der Waals surface area contributed by atoms with Gasteiger partial charge in [-0.1, -0.05) is 23.7 Å². The summed E-state index contributed by atoms with van der Waals surface area (Å²) in [6.45, 7) is 0. The van der Waals surface area contributed by atoms with Crippen molar-refractivity contribution in [3.63, 3.8) is 0 Å². The van der Waals surface area contributed by atoms with Crippen LogP contribution < -0.4 is 15.4 Å². The Labute approximate surface area is 154 Å². The van der Waals surface area contributed by atoms with Gasteiger partial charge < -0.3 is 15.4 Å². The van der Waals surface area contributed by atoms with Gasteiger partial charge in [0.25, 0.3) is 5.69 Å². The summed E-state index contributed by atoms with van der Waals surface area (Å²) in [4.78, 5) is 22.5. The SMILES string of the molecule is COc1ccc(CC(=O)NC(=S)Nc2ccc(Cl)cc2[N+](=O)[O-])cc1. The van der Waals surface area contributed by atoms with Crippen LogP contribution in [0.4, 0.5) is 11.4 Å². The van der Waals surface area contributed by atoms with E-state index in [1.54, 1.807) is 31.4 Å². The molecule has 9 heteroatoms. The highest BCUT2D eigenvalue weighted by atomic mass is 35.5. The second-order valence-electron chi connectivity index (χ2n) is 4.95. The second-order valence-corrected chi connectivity index (χ2v) is 5.79. The van der Waals surface area contributed by atoms with E-state index in [2.05, 4.69) is 10.6 Å². The molecule has 2 N–H and O–H groups in total. The molecule has 0 fully saturated rings. The maximum absolute atomic E-state index is 12.0. The summed E-state index contributed by atoms with van der Waals surface area (Å²) in [5, 5.41) is 16.3. The third-order valence-electron chi connectivity index (χ3n) is 3.18. The van der Waals surface area contributed by atoms with E-state index in [0.717, 1.165) is 5.56 Å². The van der Waals surface area contributed by atoms with E-state index in [1.807, 2.05) is 0 Å². The minimum Gasteiger partial charge on any atom is -0.497 e. The lowest BCUT2D eigenvalue weighted by molar-refractivity contribution is -0.383. The van der Waals surface area contributed by atoms with Gasteiger partial charge in [0, 0.05) is 11.1 Å². The lowest BCUT2D eigenvalue weighted by Crippen LogP contribution is -2.35. The molecule has 2 aromatic rings. The summed E-state index contributed by atoms with van der Waals surface area (Å²) in [7, 11) is 1.56. The zero-order valence-electron chi connectivity index (χ0n) is 13.1. The van der Waals surface area contributed by atoms with Gasteiger partial charge in [-0.05, 0) is 42.0 Å². The van der Waals surface area contributed by atoms with Crippen molar-refractivity contribution in [3.05, 3.63) is 63.2 Å². The van der Waals surface area contributed by atoms with Crippen molar-refractivity contribution in [2.45, 2.75) is 6.42 Å². The molecule has 1 amide bonds. The quantitative estimate of drug-likeness (QED) is 0.470. The zero-order chi connectivity index (χ0) is 18.4. The van der Waals surface area contributed by atoms with Gasteiger partial charge in [0.2, 0.25) is 5.91 Å². The largest absolute Gasteiger partial charge is 0.497 e. The Morgan fingerprint density at radius 2 is 1.96 bits per heavy atom. The van der Waals surface area contributed by atoms with Crippen LogP contribution in [0.5, 0.6) is 5.75 Å². The highest BCUT2D eigenvalue weighted by molar-refractivity contribution is 7.80. The van der Waals surface area contributed by atoms with E-state index in [4.69, 9.17) is 28.6 Å². The Bertz CT molecular complexity index is 812. The zero-order valence-corrected chi connectivity index (χ0v) is 14.7. The third-order valence-corrected chi connectivity index (χ3v) is 3.62. The molecular formula is C16H14ClN3O4S. The highest BCUT2D eigenvalue weighted by Crippen LogP contribution is 2.27. The minimum atomic E-state index is -0.587. The van der Waals surface area contributed by atoms with Gasteiger partial charge in [-0.15, -0.1) is 0 Å². The Kier molecular flexibility index (Phi) is 6.26. The summed E-state index contributed by atoms with van der Waals surface area (Å²) in [6.07, 6.45) is 0.106. The maximum atomic E-state index is 12.0. The fourth-order valence-corrected chi connectivity index (χ4v) is 2.40. The summed E-state index contributed by atoms with van der Waals surface area (Å²) in [5.74, 6) is 0.343. The fourth-order valence-electron chi connectivity index (χ4n) is 2.01. The topological polar surface area (TPSA) is 93.5 Å². The van der Waals surface area contributed by atoms with Crippen LogP contribution in [0.25, 0.3) is 0 Å². The predicted octanol–water partition coefficient (Wildman–Crippen LogP) is 3.31. The number of nitro benzene ring substituents is 1. The molecule has 0 heterocycles. The number of carbonyl (C=O) groups is 1. The number of nitro groups is 1. The molecule has 0 unspecified atom stereocenters. The molecule has 0 bridgehead atoms. The number of hydrogen-bond donors (Lipinski definition) is 2. The molecule has 0 saturated heterocycles. The monoisotopic (exact) mass is 379 g/mol. The Morgan fingerprint density at radius 1 is 1.28 bits per heavy atom. The van der Waals surface area contributed by atoms with E-state index < -0.39 is 4.92 Å². The van der Waals surface area contributed by atoms with E-state index in [1.165, 1.54) is 18.2 Å². The molecule has 25 heavy (non-hydrogen) atoms. The van der Waals surface area contributed by atoms with Gasteiger partial charge in [-0.3, -0.25) is 14.9 Å². The first kappa shape index (κ1) is 18.6. The number of thiocarbonyl (C=S) groups is 1. The van der Waals surface area contributed by atoms with Gasteiger partial charge in [-0.2, -0.15) is 0 Å². The Balaban J connectivity index is 1.97. The van der Waals surface area contributed by atoms with Gasteiger partial charge in [0.05, 0.1) is 18.5 Å². The number of hydrogen-bond acceptors (Lipinski definition) is 5. The van der Waals surface area contributed by atoms with Crippen molar-refractivity contribution in [3.8, 4) is 5.75 Å². The lowest BCUT2D eigenvalue weighted by Gasteiger charge is -2.10. The number of benzene rings is 2. The number of amides is 1. The van der Waals surface area contributed by atoms with Gasteiger partial charge in [-0.25, -0.2) is 0 Å². The van der Waals surface area contributed by atoms with Crippen LogP contribution in [0, 0.1) is 10.1 Å². The number of rotatable bonds is 5. The first-order valence-electron chi connectivity index (χ1n) is 7.06. The van der Waals surface area contributed by atoms with E-state index in [-0.39, 0.29) is 33.8 Å². The average Bonchev–Trinajstić information content (AvgIpc) is 2.56. The average molecular weight is 380 g/mol. The summed E-state index contributed by atoms with van der Waals surface area (Å²) in [5.41, 5.74) is 0.682. The first-order valence-corrected chi connectivity index (χ1v) is 7.85. The molecule has 0 spiro atoms. The number of nitrogens with one attached hydrogen (secondary N) is 2. The lowest BCUT2D eigenvalue weighted by atomic mass is 10.1. The number of halogens is 1. The number of nitrogens with zero attached hydrogens (tertiary/aromatic N) is 1. The number of anilines is 1. The first-order chi connectivity index (χ1) is 11.9. The Morgan fingerprint density at radius 3 is 2.56 bits per heavy atom. The fraction of sp³-hybridized carbons (Fsp3) is 0.125. The van der Waals surface area contributed by atoms with Crippen molar-refractivity contribution < 1.29 is 14.5 Å². The third kappa shape index (κ3) is 5.40. The van der Waals surface area contributed by atoms with E-state index in [0.29, 0.717) is 5.75 Å². The van der Waals surface area contributed by atoms with Crippen molar-refractivity contribution in [1.82, 2.24) is 5.32 Å². The van der Waals surface area contributed by atoms with Crippen LogP contribution in [0.2, 0.25) is 5.02 Å². The number of ether oxygens (including phenoxy) is 1. The van der Waals surface area contributed by atoms with Crippen LogP contribution in [0.3, 0.4) is 0 Å². The molecule has 0 aliphatic carbocycles. The van der Waals surface area contributed by atoms with Crippen molar-refractivity contribution in [2.24, 2.45) is 0 Å². The van der Waals surface area contributed by atoms with Crippen molar-refractivity contribution in [1.29, 1.82) is 0 Å². The summed E-state index contributed by atoms with van der Waals surface area (Å²) < 4.78 is 5.05. The van der Waals surface area contributed by atoms with Gasteiger partial charge in [0.1, 0.15) is 11.4 Å². The molecule has 0 aromatic heterocycles. The molecule has 130 valence electrons. The molecule has 7 nitrogen and oxygen atoms in total. The molecule has 0 atom stereocenters. The highest BCUT2D eigenvalue weighted by Gasteiger charge is 2.16. The Hall–Kier alpha value is -2.71. The molecule has 2 aromatic carbocycles. The molecule has 0 aliphatic heterocycles. The van der Waals surface area contributed by atoms with E-state index >= 15 is 0 Å². The smallest absolute Gasteiger partial charge is 0.294 e. The maximum Gasteiger partial charge on any atom is 0.294 e. The van der Waals surface area contributed by atoms with Crippen LogP contribution in [-0.2, 0) is 11.2 Å². The normalized spacial score (nSPS) is 10.0. The summed E-state index contributed by atoms with van der Waals surface area (Å²) in [6, 6.07) is 11.1. The standard InChI is InChI=1S/C16H14ClN3O4S/c1-24-12-5-2-10(3-6-12)8-15(21)19-16(25)18-13-7-4-11(17)9-14(13)20(22)23/h2-7,9H,8H2,1H3,(H2,18,19,21,25). The minimum absolute atomic E-state index is 0.0380. The summed E-state index contributed by atoms with van der Waals surface area (Å²) >= 11 is 10.8. The van der Waals surface area contributed by atoms with Crippen LogP contribution in [0.1, 0.15) is 5.56 Å². The predicted molar refractivity (Wildman–Crippen MR) is 99.2 cm³/mol. The molecule has 0 aliphatic rings. The van der Waals surface area contributed by atoms with Crippen LogP contribution in [-0.4, -0.2) is 23.1 Å². The van der Waals surface area contributed by atoms with Crippen molar-refractivity contribution in [2.75, 3.05) is 12.4 Å². The van der Waals surface area contributed by atoms with E-state index in [9.17, 15) is 14.9 Å². The number of carbonyl (C=O) groups excluding carboxylic acids is 1. The molecule has 0 saturated carbocycles. The second kappa shape index (κ2) is 8.41. The molecule has 0 radical (unpaired) electrons.